The lowest BCUT2D eigenvalue weighted by atomic mass is 10.1. The van der Waals surface area contributed by atoms with Gasteiger partial charge in [-0.25, -0.2) is 18.6 Å². The Balaban J connectivity index is 2.33. The van der Waals surface area contributed by atoms with Crippen LogP contribution in [0.15, 0.2) is 34.0 Å². The minimum atomic E-state index is -0.742. The Bertz CT molecular complexity index is 1070. The number of hydrogen-bond donors (Lipinski definition) is 1. The third-order valence-corrected chi connectivity index (χ3v) is 3.79. The van der Waals surface area contributed by atoms with Gasteiger partial charge in [-0.2, -0.15) is 0 Å². The van der Waals surface area contributed by atoms with Gasteiger partial charge in [0.2, 0.25) is 0 Å². The molecule has 0 unspecified atom stereocenters. The maximum atomic E-state index is 13.4. The van der Waals surface area contributed by atoms with Gasteiger partial charge < -0.3 is 5.32 Å². The molecule has 124 valence electrons. The zero-order valence-electron chi connectivity index (χ0n) is 13.2. The molecule has 0 bridgehead atoms. The fraction of sp³-hybridized carbons (Fsp3) is 0.188. The minimum absolute atomic E-state index is 0.152. The van der Waals surface area contributed by atoms with Crippen LogP contribution in [0.3, 0.4) is 0 Å². The van der Waals surface area contributed by atoms with E-state index in [0.29, 0.717) is 11.3 Å². The summed E-state index contributed by atoms with van der Waals surface area (Å²) in [4.78, 5) is 28.7. The normalized spacial score (nSPS) is 11.0. The molecule has 3 rings (SSSR count). The molecule has 0 atom stereocenters. The highest BCUT2D eigenvalue weighted by atomic mass is 19.1. The van der Waals surface area contributed by atoms with E-state index in [0.717, 1.165) is 22.8 Å². The highest BCUT2D eigenvalue weighted by Gasteiger charge is 2.16. The molecular weight excluding hydrogens is 318 g/mol. The van der Waals surface area contributed by atoms with E-state index in [1.807, 2.05) is 0 Å². The molecule has 0 saturated carbocycles. The second kappa shape index (κ2) is 5.55. The molecule has 8 heteroatoms. The Labute approximate surface area is 135 Å². The Morgan fingerprint density at radius 3 is 2.29 bits per heavy atom. The Morgan fingerprint density at radius 2 is 1.67 bits per heavy atom. The summed E-state index contributed by atoms with van der Waals surface area (Å²) >= 11 is 0. The largest absolute Gasteiger partial charge is 0.354 e. The molecule has 0 saturated heterocycles. The number of benzene rings is 1. The molecule has 0 aliphatic rings. The molecule has 1 N–H and O–H groups in total. The summed E-state index contributed by atoms with van der Waals surface area (Å²) in [6.45, 7) is 1.70. The van der Waals surface area contributed by atoms with Crippen LogP contribution in [0.25, 0.3) is 11.0 Å². The second-order valence-electron chi connectivity index (χ2n) is 5.50. The third-order valence-electron chi connectivity index (χ3n) is 3.79. The van der Waals surface area contributed by atoms with Crippen LogP contribution in [0.5, 0.6) is 0 Å². The fourth-order valence-corrected chi connectivity index (χ4v) is 2.55. The van der Waals surface area contributed by atoms with Gasteiger partial charge in [-0.05, 0) is 24.6 Å². The van der Waals surface area contributed by atoms with Crippen molar-refractivity contribution < 1.29 is 8.78 Å². The summed E-state index contributed by atoms with van der Waals surface area (Å²) < 4.78 is 29.0. The lowest BCUT2D eigenvalue weighted by Gasteiger charge is -2.14. The van der Waals surface area contributed by atoms with Gasteiger partial charge in [0, 0.05) is 32.0 Å². The van der Waals surface area contributed by atoms with E-state index in [1.54, 1.807) is 6.92 Å². The van der Waals surface area contributed by atoms with Gasteiger partial charge in [0.15, 0.2) is 5.65 Å². The first kappa shape index (κ1) is 15.9. The molecule has 2 aromatic heterocycles. The predicted octanol–water partition coefficient (Wildman–Crippen LogP) is 1.96. The van der Waals surface area contributed by atoms with Crippen molar-refractivity contribution in [2.45, 2.75) is 6.92 Å². The lowest BCUT2D eigenvalue weighted by Crippen LogP contribution is -2.37. The SMILES string of the molecule is Cc1cnc2c(c1Nc1cc(F)cc(F)c1)c(=O)n(C)c(=O)n2C. The van der Waals surface area contributed by atoms with E-state index >= 15 is 0 Å². The van der Waals surface area contributed by atoms with E-state index in [9.17, 15) is 18.4 Å². The number of halogens is 2. The Kier molecular flexibility index (Phi) is 3.67. The number of aryl methyl sites for hydroxylation is 2. The van der Waals surface area contributed by atoms with E-state index < -0.39 is 22.9 Å². The smallest absolute Gasteiger partial charge is 0.332 e. The molecule has 0 aliphatic carbocycles. The fourth-order valence-electron chi connectivity index (χ4n) is 2.55. The van der Waals surface area contributed by atoms with Crippen molar-refractivity contribution in [3.63, 3.8) is 0 Å². The van der Waals surface area contributed by atoms with Crippen LogP contribution >= 0.6 is 0 Å². The summed E-state index contributed by atoms with van der Waals surface area (Å²) in [5, 5.41) is 3.03. The Morgan fingerprint density at radius 1 is 1.04 bits per heavy atom. The number of nitrogens with one attached hydrogen (secondary N) is 1. The summed E-state index contributed by atoms with van der Waals surface area (Å²) in [6.07, 6.45) is 1.49. The van der Waals surface area contributed by atoms with Crippen molar-refractivity contribution in [2.24, 2.45) is 14.1 Å². The van der Waals surface area contributed by atoms with Gasteiger partial charge in [0.1, 0.15) is 17.0 Å². The molecule has 0 fully saturated rings. The molecule has 0 aliphatic heterocycles. The van der Waals surface area contributed by atoms with Crippen LogP contribution in [0, 0.1) is 18.6 Å². The van der Waals surface area contributed by atoms with Crippen molar-refractivity contribution >= 4 is 22.4 Å². The molecule has 0 spiro atoms. The first-order valence-electron chi connectivity index (χ1n) is 7.08. The van der Waals surface area contributed by atoms with E-state index in [2.05, 4.69) is 10.3 Å². The molecule has 1 aromatic carbocycles. The summed E-state index contributed by atoms with van der Waals surface area (Å²) in [5.74, 6) is -1.48. The third kappa shape index (κ3) is 2.45. The highest BCUT2D eigenvalue weighted by molar-refractivity contribution is 5.92. The predicted molar refractivity (Wildman–Crippen MR) is 86.6 cm³/mol. The van der Waals surface area contributed by atoms with Gasteiger partial charge in [-0.3, -0.25) is 13.9 Å². The van der Waals surface area contributed by atoms with E-state index in [-0.39, 0.29) is 16.7 Å². The van der Waals surface area contributed by atoms with Crippen LogP contribution in [-0.4, -0.2) is 14.1 Å². The zero-order chi connectivity index (χ0) is 17.6. The van der Waals surface area contributed by atoms with Crippen LogP contribution in [0.4, 0.5) is 20.2 Å². The molecule has 24 heavy (non-hydrogen) atoms. The van der Waals surface area contributed by atoms with E-state index in [4.69, 9.17) is 0 Å². The quantitative estimate of drug-likeness (QED) is 0.779. The second-order valence-corrected chi connectivity index (χ2v) is 5.50. The zero-order valence-corrected chi connectivity index (χ0v) is 13.2. The number of fused-ring (bicyclic) bond motifs is 1. The summed E-state index contributed by atoms with van der Waals surface area (Å²) in [5.41, 5.74) is 0.242. The number of anilines is 2. The molecule has 2 heterocycles. The van der Waals surface area contributed by atoms with Crippen molar-refractivity contribution in [2.75, 3.05) is 5.32 Å². The highest BCUT2D eigenvalue weighted by Crippen LogP contribution is 2.26. The van der Waals surface area contributed by atoms with Crippen molar-refractivity contribution in [3.05, 3.63) is 62.4 Å². The van der Waals surface area contributed by atoms with Crippen LogP contribution in [-0.2, 0) is 14.1 Å². The minimum Gasteiger partial charge on any atom is -0.354 e. The van der Waals surface area contributed by atoms with Crippen LogP contribution in [0.1, 0.15) is 5.56 Å². The number of rotatable bonds is 2. The maximum Gasteiger partial charge on any atom is 0.332 e. The molecule has 0 amide bonds. The maximum absolute atomic E-state index is 13.4. The summed E-state index contributed by atoms with van der Waals surface area (Å²) in [7, 11) is 2.86. The number of aromatic nitrogens is 3. The lowest BCUT2D eigenvalue weighted by molar-refractivity contribution is 0.584. The van der Waals surface area contributed by atoms with Gasteiger partial charge in [0.25, 0.3) is 5.56 Å². The van der Waals surface area contributed by atoms with Crippen molar-refractivity contribution in [3.8, 4) is 0 Å². The number of hydrogen-bond acceptors (Lipinski definition) is 4. The van der Waals surface area contributed by atoms with Crippen molar-refractivity contribution in [1.82, 2.24) is 14.1 Å². The monoisotopic (exact) mass is 332 g/mol. The van der Waals surface area contributed by atoms with E-state index in [1.165, 1.54) is 24.9 Å². The molecule has 3 aromatic rings. The van der Waals surface area contributed by atoms with Crippen molar-refractivity contribution in [1.29, 1.82) is 0 Å². The standard InChI is InChI=1S/C16H14F2N4O2/c1-8-7-19-14-12(15(23)22(3)16(24)21(14)2)13(8)20-11-5-9(17)4-10(18)6-11/h4-7H,1-3H3,(H,19,20). The number of nitrogens with zero attached hydrogens (tertiary/aromatic N) is 3. The van der Waals surface area contributed by atoms with Gasteiger partial charge >= 0.3 is 5.69 Å². The first-order chi connectivity index (χ1) is 11.3. The molecule has 6 nitrogen and oxygen atoms in total. The van der Waals surface area contributed by atoms with Crippen LogP contribution < -0.4 is 16.6 Å². The average molecular weight is 332 g/mol. The van der Waals surface area contributed by atoms with Crippen LogP contribution in [0.2, 0.25) is 0 Å². The molecule has 0 radical (unpaired) electrons. The summed E-state index contributed by atoms with van der Waals surface area (Å²) in [6, 6.07) is 2.98. The Hall–Kier alpha value is -3.03. The van der Waals surface area contributed by atoms with Gasteiger partial charge in [-0.1, -0.05) is 0 Å². The van der Waals surface area contributed by atoms with Gasteiger partial charge in [0.05, 0.1) is 5.69 Å². The van der Waals surface area contributed by atoms with Gasteiger partial charge in [-0.15, -0.1) is 0 Å². The topological polar surface area (TPSA) is 68.9 Å². The average Bonchev–Trinajstić information content (AvgIpc) is 2.51. The first-order valence-corrected chi connectivity index (χ1v) is 7.08. The molecular formula is C16H14F2N4O2. The number of pyridine rings is 1.